The van der Waals surface area contributed by atoms with E-state index in [0.717, 1.165) is 29.0 Å². The summed E-state index contributed by atoms with van der Waals surface area (Å²) in [6.07, 6.45) is 0.783. The molecule has 2 aromatic rings. The molecule has 2 heterocycles. The van der Waals surface area contributed by atoms with Crippen molar-refractivity contribution in [2.45, 2.75) is 26.8 Å². The smallest absolute Gasteiger partial charge is 0.240 e. The molecule has 23 heavy (non-hydrogen) atoms. The van der Waals surface area contributed by atoms with Gasteiger partial charge in [0, 0.05) is 24.2 Å². The van der Waals surface area contributed by atoms with Crippen LogP contribution in [-0.2, 0) is 17.8 Å². The zero-order chi connectivity index (χ0) is 16.2. The highest BCUT2D eigenvalue weighted by Gasteiger charge is 2.19. The molecule has 1 N–H and O–H groups in total. The van der Waals surface area contributed by atoms with Crippen LogP contribution in [0.25, 0.3) is 0 Å². The Hall–Kier alpha value is -2.34. The van der Waals surface area contributed by atoms with Crippen molar-refractivity contribution in [3.05, 3.63) is 41.1 Å². The van der Waals surface area contributed by atoms with Crippen LogP contribution in [0, 0.1) is 6.92 Å². The van der Waals surface area contributed by atoms with Crippen molar-refractivity contribution in [1.29, 1.82) is 0 Å². The maximum atomic E-state index is 12.3. The van der Waals surface area contributed by atoms with Crippen molar-refractivity contribution in [2.75, 3.05) is 25.0 Å². The lowest BCUT2D eigenvalue weighted by Crippen LogP contribution is -2.34. The lowest BCUT2D eigenvalue weighted by molar-refractivity contribution is -0.117. The van der Waals surface area contributed by atoms with Gasteiger partial charge in [-0.05, 0) is 19.4 Å². The number of para-hydroxylation sites is 1. The predicted octanol–water partition coefficient (Wildman–Crippen LogP) is 2.38. The summed E-state index contributed by atoms with van der Waals surface area (Å²) in [5.74, 6) is 1.23. The maximum absolute atomic E-state index is 12.3. The lowest BCUT2D eigenvalue weighted by Gasteiger charge is -2.18. The average Bonchev–Trinajstić information content (AvgIpc) is 2.77. The van der Waals surface area contributed by atoms with Crippen LogP contribution in [0.2, 0.25) is 0 Å². The molecule has 1 aromatic carbocycles. The molecule has 6 heteroatoms. The highest BCUT2D eigenvalue weighted by molar-refractivity contribution is 5.91. The Kier molecular flexibility index (Phi) is 4.62. The molecule has 0 fully saturated rings. The molecule has 1 aliphatic heterocycles. The van der Waals surface area contributed by atoms with E-state index in [1.165, 1.54) is 0 Å². The van der Waals surface area contributed by atoms with E-state index >= 15 is 0 Å². The van der Waals surface area contributed by atoms with Crippen LogP contribution in [0.1, 0.15) is 23.7 Å². The van der Waals surface area contributed by atoms with Gasteiger partial charge in [-0.25, -0.2) is 0 Å². The number of aromatic nitrogens is 1. The molecule has 1 aromatic heterocycles. The minimum atomic E-state index is -0.105. The summed E-state index contributed by atoms with van der Waals surface area (Å²) in [6.45, 7) is 6.17. The summed E-state index contributed by atoms with van der Waals surface area (Å²) in [6, 6.07) is 7.93. The third-order valence-electron chi connectivity index (χ3n) is 4.01. The standard InChI is InChI=1S/C17H21N3O3/c1-3-14-12(2)17(23-19-14)18-16(21)11-20-8-9-22-15-7-5-4-6-13(15)10-20/h4-7H,3,8-11H2,1-2H3,(H,18,21). The number of hydrogen-bond acceptors (Lipinski definition) is 5. The van der Waals surface area contributed by atoms with Crippen LogP contribution in [-0.4, -0.2) is 35.7 Å². The zero-order valence-electron chi connectivity index (χ0n) is 13.5. The van der Waals surface area contributed by atoms with Crippen LogP contribution < -0.4 is 10.1 Å². The summed E-state index contributed by atoms with van der Waals surface area (Å²) in [5.41, 5.74) is 2.87. The van der Waals surface area contributed by atoms with E-state index in [2.05, 4.69) is 15.4 Å². The van der Waals surface area contributed by atoms with Crippen molar-refractivity contribution >= 4 is 11.8 Å². The third-order valence-corrected chi connectivity index (χ3v) is 4.01. The summed E-state index contributed by atoms with van der Waals surface area (Å²) in [7, 11) is 0. The number of fused-ring (bicyclic) bond motifs is 1. The predicted molar refractivity (Wildman–Crippen MR) is 86.5 cm³/mol. The number of rotatable bonds is 4. The summed E-state index contributed by atoms with van der Waals surface area (Å²) in [4.78, 5) is 14.3. The summed E-state index contributed by atoms with van der Waals surface area (Å²) < 4.78 is 10.9. The number of carbonyl (C=O) groups is 1. The Labute approximate surface area is 135 Å². The molecule has 0 atom stereocenters. The molecule has 0 saturated heterocycles. The minimum Gasteiger partial charge on any atom is -0.492 e. The Morgan fingerprint density at radius 2 is 2.22 bits per heavy atom. The quantitative estimate of drug-likeness (QED) is 0.938. The summed E-state index contributed by atoms with van der Waals surface area (Å²) >= 11 is 0. The molecule has 0 unspecified atom stereocenters. The van der Waals surface area contributed by atoms with Crippen LogP contribution in [0.5, 0.6) is 5.75 Å². The third kappa shape index (κ3) is 3.53. The molecule has 0 aliphatic carbocycles. The van der Waals surface area contributed by atoms with Gasteiger partial charge in [0.05, 0.1) is 12.2 Å². The maximum Gasteiger partial charge on any atom is 0.240 e. The van der Waals surface area contributed by atoms with Gasteiger partial charge in [0.25, 0.3) is 0 Å². The molecular formula is C17H21N3O3. The lowest BCUT2D eigenvalue weighted by atomic mass is 10.2. The van der Waals surface area contributed by atoms with E-state index in [1.54, 1.807) is 0 Å². The normalized spacial score (nSPS) is 14.7. The number of hydrogen-bond donors (Lipinski definition) is 1. The fourth-order valence-corrected chi connectivity index (χ4v) is 2.70. The number of carbonyl (C=O) groups excluding carboxylic acids is 1. The highest BCUT2D eigenvalue weighted by Crippen LogP contribution is 2.22. The van der Waals surface area contributed by atoms with E-state index in [1.807, 2.05) is 38.1 Å². The first kappa shape index (κ1) is 15.6. The number of amides is 1. The van der Waals surface area contributed by atoms with Gasteiger partial charge in [0.15, 0.2) is 0 Å². The van der Waals surface area contributed by atoms with Gasteiger partial charge >= 0.3 is 0 Å². The minimum absolute atomic E-state index is 0.105. The molecule has 1 aliphatic rings. The Morgan fingerprint density at radius 3 is 3.00 bits per heavy atom. The zero-order valence-corrected chi connectivity index (χ0v) is 13.5. The first-order valence-corrected chi connectivity index (χ1v) is 7.85. The Morgan fingerprint density at radius 1 is 1.39 bits per heavy atom. The number of aryl methyl sites for hydroxylation is 1. The van der Waals surface area contributed by atoms with Gasteiger partial charge in [0.1, 0.15) is 12.4 Å². The van der Waals surface area contributed by atoms with Gasteiger partial charge in [0.2, 0.25) is 11.8 Å². The second-order valence-electron chi connectivity index (χ2n) is 5.65. The van der Waals surface area contributed by atoms with Crippen LogP contribution in [0.4, 0.5) is 5.88 Å². The molecule has 0 radical (unpaired) electrons. The van der Waals surface area contributed by atoms with Gasteiger partial charge in [-0.3, -0.25) is 15.0 Å². The molecule has 3 rings (SSSR count). The van der Waals surface area contributed by atoms with E-state index in [-0.39, 0.29) is 5.91 Å². The van der Waals surface area contributed by atoms with E-state index < -0.39 is 0 Å². The van der Waals surface area contributed by atoms with Crippen LogP contribution in [0.3, 0.4) is 0 Å². The molecule has 6 nitrogen and oxygen atoms in total. The fraction of sp³-hybridized carbons (Fsp3) is 0.412. The molecule has 0 spiro atoms. The Bertz CT molecular complexity index is 696. The van der Waals surface area contributed by atoms with Crippen molar-refractivity contribution in [2.24, 2.45) is 0 Å². The van der Waals surface area contributed by atoms with Crippen molar-refractivity contribution in [1.82, 2.24) is 10.1 Å². The highest BCUT2D eigenvalue weighted by atomic mass is 16.5. The van der Waals surface area contributed by atoms with Crippen LogP contribution in [0.15, 0.2) is 28.8 Å². The first-order chi connectivity index (χ1) is 11.2. The molecule has 0 saturated carbocycles. The van der Waals surface area contributed by atoms with Crippen molar-refractivity contribution in [3.63, 3.8) is 0 Å². The number of anilines is 1. The van der Waals surface area contributed by atoms with E-state index in [9.17, 15) is 4.79 Å². The van der Waals surface area contributed by atoms with Crippen LogP contribution >= 0.6 is 0 Å². The number of nitrogens with zero attached hydrogens (tertiary/aromatic N) is 2. The number of ether oxygens (including phenoxy) is 1. The van der Waals surface area contributed by atoms with Gasteiger partial charge < -0.3 is 9.26 Å². The number of benzene rings is 1. The van der Waals surface area contributed by atoms with E-state index in [0.29, 0.717) is 32.1 Å². The Balaban J connectivity index is 1.62. The average molecular weight is 315 g/mol. The second-order valence-corrected chi connectivity index (χ2v) is 5.65. The van der Waals surface area contributed by atoms with Gasteiger partial charge in [-0.2, -0.15) is 0 Å². The van der Waals surface area contributed by atoms with Crippen molar-refractivity contribution in [3.8, 4) is 5.75 Å². The number of nitrogens with one attached hydrogen (secondary N) is 1. The topological polar surface area (TPSA) is 67.6 Å². The first-order valence-electron chi connectivity index (χ1n) is 7.85. The fourth-order valence-electron chi connectivity index (χ4n) is 2.70. The molecular weight excluding hydrogens is 294 g/mol. The van der Waals surface area contributed by atoms with Gasteiger partial charge in [-0.1, -0.05) is 30.3 Å². The second kappa shape index (κ2) is 6.83. The van der Waals surface area contributed by atoms with Gasteiger partial charge in [-0.15, -0.1) is 0 Å². The monoisotopic (exact) mass is 315 g/mol. The van der Waals surface area contributed by atoms with E-state index in [4.69, 9.17) is 9.26 Å². The largest absolute Gasteiger partial charge is 0.492 e. The molecule has 1 amide bonds. The summed E-state index contributed by atoms with van der Waals surface area (Å²) in [5, 5.41) is 6.76. The SMILES string of the molecule is CCc1noc(NC(=O)CN2CCOc3ccccc3C2)c1C. The molecule has 0 bridgehead atoms. The van der Waals surface area contributed by atoms with Crippen molar-refractivity contribution < 1.29 is 14.1 Å². The molecule has 122 valence electrons.